The van der Waals surface area contributed by atoms with Crippen LogP contribution in [0, 0.1) is 0 Å². The number of nitrogens with zero attached hydrogens (tertiary/aromatic N) is 4. The fourth-order valence-electron chi connectivity index (χ4n) is 4.53. The Morgan fingerprint density at radius 1 is 0.925 bits per heavy atom. The largest absolute Gasteiger partial charge is 0.493 e. The first-order chi connectivity index (χ1) is 19.3. The lowest BCUT2D eigenvalue weighted by molar-refractivity contribution is 0.269. The van der Waals surface area contributed by atoms with Crippen molar-refractivity contribution in [1.29, 1.82) is 0 Å². The molecule has 0 spiro atoms. The van der Waals surface area contributed by atoms with Crippen molar-refractivity contribution in [3.05, 3.63) is 72.9 Å². The normalized spacial score (nSPS) is 12.4. The molecule has 1 atom stereocenters. The molecule has 0 saturated carbocycles. The number of hydrogen-bond donors (Lipinski definition) is 3. The number of nitrogens with one attached hydrogen (secondary N) is 1. The summed E-state index contributed by atoms with van der Waals surface area (Å²) in [6, 6.07) is 11.3. The number of benzene rings is 1. The lowest BCUT2D eigenvalue weighted by atomic mass is 9.96. The summed E-state index contributed by atoms with van der Waals surface area (Å²) in [5, 5.41) is 6.01. The van der Waals surface area contributed by atoms with Crippen molar-refractivity contribution in [2.45, 2.75) is 25.4 Å². The third-order valence-corrected chi connectivity index (χ3v) is 6.88. The van der Waals surface area contributed by atoms with Gasteiger partial charge in [0.05, 0.1) is 37.7 Å². The van der Waals surface area contributed by atoms with Crippen LogP contribution in [0.5, 0.6) is 17.2 Å². The fraction of sp³-hybridized carbons (Fsp3) is 0.267. The van der Waals surface area contributed by atoms with Crippen molar-refractivity contribution in [1.82, 2.24) is 25.3 Å². The lowest BCUT2D eigenvalue weighted by Gasteiger charge is -2.28. The summed E-state index contributed by atoms with van der Waals surface area (Å²) in [5.74, 6) is 2.17. The molecule has 10 heteroatoms. The first kappa shape index (κ1) is 27.0. The average molecular weight is 540 g/mol. The number of aromatic nitrogens is 4. The Hall–Kier alpha value is -4.54. The Morgan fingerprint density at radius 3 is 2.48 bits per heavy atom. The van der Waals surface area contributed by atoms with Crippen LogP contribution in [-0.2, 0) is 5.54 Å². The molecule has 5 aromatic rings. The van der Waals surface area contributed by atoms with Gasteiger partial charge in [0, 0.05) is 59.3 Å². The summed E-state index contributed by atoms with van der Waals surface area (Å²) >= 11 is 0. The summed E-state index contributed by atoms with van der Waals surface area (Å²) in [5.41, 5.74) is 15.7. The summed E-state index contributed by atoms with van der Waals surface area (Å²) in [6.07, 6.45) is 8.72. The zero-order valence-corrected chi connectivity index (χ0v) is 23.0. The maximum absolute atomic E-state index is 6.37. The number of pyridine rings is 4. The molecule has 1 aromatic carbocycles. The Bertz CT molecular complexity index is 1640. The summed E-state index contributed by atoms with van der Waals surface area (Å²) < 4.78 is 17.0. The van der Waals surface area contributed by atoms with Gasteiger partial charge in [-0.1, -0.05) is 6.07 Å². The summed E-state index contributed by atoms with van der Waals surface area (Å²) in [7, 11) is 3.20. The number of rotatable bonds is 10. The maximum atomic E-state index is 6.37. The second-order valence-corrected chi connectivity index (χ2v) is 10.1. The first-order valence-electron chi connectivity index (χ1n) is 12.9. The number of ether oxygens (including phenoxy) is 3. The van der Waals surface area contributed by atoms with Crippen LogP contribution in [0.1, 0.15) is 19.4 Å². The van der Waals surface area contributed by atoms with Gasteiger partial charge in [0.2, 0.25) is 0 Å². The lowest BCUT2D eigenvalue weighted by Crippen LogP contribution is -2.46. The number of methoxy groups -OCH3 is 2. The molecular formula is C30H33N7O3. The minimum atomic E-state index is -0.274. The van der Waals surface area contributed by atoms with E-state index >= 15 is 0 Å². The highest BCUT2D eigenvalue weighted by molar-refractivity contribution is 6.10. The average Bonchev–Trinajstić information content (AvgIpc) is 2.98. The SMILES string of the molecule is COc1cc2ncc3c(N)nc(-c4cncc(OC[C@@H](N)CNC(C)(C)c5cccnc5)c4)cc3c2cc1OC. The molecule has 4 aromatic heterocycles. The van der Waals surface area contributed by atoms with Gasteiger partial charge in [-0.3, -0.25) is 15.0 Å². The highest BCUT2D eigenvalue weighted by Gasteiger charge is 2.21. The number of nitrogen functional groups attached to an aromatic ring is 1. The van der Waals surface area contributed by atoms with Crippen LogP contribution in [0.2, 0.25) is 0 Å². The Morgan fingerprint density at radius 2 is 1.73 bits per heavy atom. The highest BCUT2D eigenvalue weighted by Crippen LogP contribution is 2.37. The van der Waals surface area contributed by atoms with Crippen molar-refractivity contribution in [2.24, 2.45) is 5.73 Å². The molecular weight excluding hydrogens is 506 g/mol. The first-order valence-corrected chi connectivity index (χ1v) is 12.9. The Kier molecular flexibility index (Phi) is 7.63. The molecule has 40 heavy (non-hydrogen) atoms. The quantitative estimate of drug-likeness (QED) is 0.222. The van der Waals surface area contributed by atoms with Crippen LogP contribution in [-0.4, -0.2) is 53.3 Å². The van der Waals surface area contributed by atoms with Crippen LogP contribution in [0.25, 0.3) is 32.9 Å². The summed E-state index contributed by atoms with van der Waals surface area (Å²) in [4.78, 5) is 17.8. The predicted molar refractivity (Wildman–Crippen MR) is 157 cm³/mol. The van der Waals surface area contributed by atoms with Gasteiger partial charge in [-0.05, 0) is 49.1 Å². The second-order valence-electron chi connectivity index (χ2n) is 10.1. The van der Waals surface area contributed by atoms with Crippen LogP contribution in [0.3, 0.4) is 0 Å². The van der Waals surface area contributed by atoms with Gasteiger partial charge < -0.3 is 31.0 Å². The van der Waals surface area contributed by atoms with E-state index in [1.807, 2.05) is 42.6 Å². The molecule has 0 unspecified atom stereocenters. The second kappa shape index (κ2) is 11.3. The minimum Gasteiger partial charge on any atom is -0.493 e. The molecule has 0 aliphatic heterocycles. The molecule has 0 aliphatic rings. The zero-order chi connectivity index (χ0) is 28.3. The van der Waals surface area contributed by atoms with E-state index < -0.39 is 0 Å². The number of nitrogens with two attached hydrogens (primary N) is 2. The van der Waals surface area contributed by atoms with Crippen LogP contribution in [0.15, 0.2) is 67.4 Å². The molecule has 0 radical (unpaired) electrons. The van der Waals surface area contributed by atoms with Gasteiger partial charge >= 0.3 is 0 Å². The fourth-order valence-corrected chi connectivity index (χ4v) is 4.53. The van der Waals surface area contributed by atoms with Gasteiger partial charge in [-0.25, -0.2) is 4.98 Å². The monoisotopic (exact) mass is 539 g/mol. The van der Waals surface area contributed by atoms with E-state index in [4.69, 9.17) is 25.7 Å². The van der Waals surface area contributed by atoms with E-state index in [2.05, 4.69) is 39.1 Å². The molecule has 0 aliphatic carbocycles. The highest BCUT2D eigenvalue weighted by atomic mass is 16.5. The minimum absolute atomic E-state index is 0.236. The molecule has 5 rings (SSSR count). The van der Waals surface area contributed by atoms with Gasteiger partial charge in [0.15, 0.2) is 11.5 Å². The number of anilines is 1. The molecule has 5 N–H and O–H groups in total. The number of fused-ring (bicyclic) bond motifs is 3. The smallest absolute Gasteiger partial charge is 0.162 e. The van der Waals surface area contributed by atoms with E-state index in [1.54, 1.807) is 39.0 Å². The van der Waals surface area contributed by atoms with E-state index in [9.17, 15) is 0 Å². The molecule has 4 heterocycles. The van der Waals surface area contributed by atoms with E-state index in [0.717, 1.165) is 32.8 Å². The molecule has 0 bridgehead atoms. The molecule has 206 valence electrons. The zero-order valence-electron chi connectivity index (χ0n) is 23.0. The molecule has 0 amide bonds. The van der Waals surface area contributed by atoms with E-state index in [-0.39, 0.29) is 11.6 Å². The van der Waals surface area contributed by atoms with Crippen molar-refractivity contribution in [3.8, 4) is 28.5 Å². The predicted octanol–water partition coefficient (Wildman–Crippen LogP) is 4.07. The summed E-state index contributed by atoms with van der Waals surface area (Å²) in [6.45, 7) is 5.07. The van der Waals surface area contributed by atoms with Gasteiger partial charge in [-0.15, -0.1) is 0 Å². The number of hydrogen-bond acceptors (Lipinski definition) is 10. The van der Waals surface area contributed by atoms with Crippen molar-refractivity contribution in [3.63, 3.8) is 0 Å². The van der Waals surface area contributed by atoms with Gasteiger partial charge in [0.25, 0.3) is 0 Å². The Labute approximate surface area is 232 Å². The van der Waals surface area contributed by atoms with Crippen molar-refractivity contribution >= 4 is 27.5 Å². The van der Waals surface area contributed by atoms with Gasteiger partial charge in [0.1, 0.15) is 18.2 Å². The molecule has 10 nitrogen and oxygen atoms in total. The molecule has 0 saturated heterocycles. The van der Waals surface area contributed by atoms with E-state index in [1.165, 1.54) is 0 Å². The van der Waals surface area contributed by atoms with Crippen LogP contribution in [0.4, 0.5) is 5.82 Å². The topological polar surface area (TPSA) is 143 Å². The van der Waals surface area contributed by atoms with Gasteiger partial charge in [-0.2, -0.15) is 0 Å². The van der Waals surface area contributed by atoms with Crippen molar-refractivity contribution < 1.29 is 14.2 Å². The third-order valence-electron chi connectivity index (χ3n) is 6.88. The third kappa shape index (κ3) is 5.58. The van der Waals surface area contributed by atoms with Crippen molar-refractivity contribution in [2.75, 3.05) is 33.1 Å². The standard InChI is InChI=1S/C30H33N7O3/c1-30(2,19-6-5-7-33-13-19)36-14-20(31)17-40-21-8-18(12-34-15-21)25-9-22-23-10-27(38-3)28(39-4)11-26(23)35-16-24(22)29(32)37-25/h5-13,15-16,20,36H,14,17,31H2,1-4H3,(H2,32,37)/t20-/m0/s1. The van der Waals surface area contributed by atoms with E-state index in [0.29, 0.717) is 41.9 Å². The van der Waals surface area contributed by atoms with Crippen LogP contribution < -0.4 is 31.0 Å². The Balaban J connectivity index is 1.35. The van der Waals surface area contributed by atoms with Crippen LogP contribution >= 0.6 is 0 Å². The maximum Gasteiger partial charge on any atom is 0.162 e. The molecule has 0 fully saturated rings.